The van der Waals surface area contributed by atoms with E-state index >= 15 is 0 Å². The van der Waals surface area contributed by atoms with Crippen molar-refractivity contribution in [1.82, 2.24) is 5.32 Å². The minimum atomic E-state index is -0.342. The number of ether oxygens (including phenoxy) is 1. The first-order valence-corrected chi connectivity index (χ1v) is 5.10. The Hall–Kier alpha value is -0.610. The van der Waals surface area contributed by atoms with Crippen LogP contribution in [-0.2, 0) is 9.53 Å². The molecule has 0 aliphatic carbocycles. The minimum absolute atomic E-state index is 0.100. The van der Waals surface area contributed by atoms with Crippen molar-refractivity contribution in [3.63, 3.8) is 0 Å². The van der Waals surface area contributed by atoms with Gasteiger partial charge < -0.3 is 15.8 Å². The van der Waals surface area contributed by atoms with Crippen LogP contribution in [0.3, 0.4) is 0 Å². The van der Waals surface area contributed by atoms with E-state index < -0.39 is 0 Å². The van der Waals surface area contributed by atoms with E-state index in [-0.39, 0.29) is 18.1 Å². The van der Waals surface area contributed by atoms with E-state index in [1.165, 1.54) is 0 Å². The summed E-state index contributed by atoms with van der Waals surface area (Å²) in [5.74, 6) is -0.100. The molecule has 0 atom stereocenters. The maximum Gasteiger partial charge on any atom is 0.246 e. The van der Waals surface area contributed by atoms with Crippen LogP contribution in [0.4, 0.5) is 0 Å². The van der Waals surface area contributed by atoms with Gasteiger partial charge in [0.05, 0.1) is 0 Å². The van der Waals surface area contributed by atoms with Gasteiger partial charge in [-0.3, -0.25) is 4.79 Å². The standard InChI is InChI=1S/C10H22N2O2/c1-4-5-6-14-7-9(13)12-10(2,3)8-11/h4-8,11H2,1-3H3,(H,12,13). The summed E-state index contributed by atoms with van der Waals surface area (Å²) < 4.78 is 5.17. The van der Waals surface area contributed by atoms with Crippen LogP contribution in [0.25, 0.3) is 0 Å². The minimum Gasteiger partial charge on any atom is -0.372 e. The highest BCUT2D eigenvalue weighted by molar-refractivity contribution is 5.77. The Morgan fingerprint density at radius 2 is 2.14 bits per heavy atom. The quantitative estimate of drug-likeness (QED) is 0.596. The van der Waals surface area contributed by atoms with Crippen LogP contribution in [-0.4, -0.2) is 31.2 Å². The molecule has 14 heavy (non-hydrogen) atoms. The Morgan fingerprint density at radius 1 is 1.50 bits per heavy atom. The van der Waals surface area contributed by atoms with E-state index in [0.717, 1.165) is 12.8 Å². The van der Waals surface area contributed by atoms with Crippen molar-refractivity contribution >= 4 is 5.91 Å². The van der Waals surface area contributed by atoms with E-state index in [2.05, 4.69) is 12.2 Å². The Labute approximate surface area is 86.2 Å². The predicted molar refractivity (Wildman–Crippen MR) is 57.0 cm³/mol. The highest BCUT2D eigenvalue weighted by Crippen LogP contribution is 1.97. The second kappa shape index (κ2) is 6.79. The lowest BCUT2D eigenvalue weighted by Crippen LogP contribution is -2.50. The summed E-state index contributed by atoms with van der Waals surface area (Å²) in [6.07, 6.45) is 2.07. The largest absolute Gasteiger partial charge is 0.372 e. The summed E-state index contributed by atoms with van der Waals surface area (Å²) in [4.78, 5) is 11.3. The van der Waals surface area contributed by atoms with Crippen LogP contribution in [0.1, 0.15) is 33.6 Å². The summed E-state index contributed by atoms with van der Waals surface area (Å²) >= 11 is 0. The molecule has 0 aromatic rings. The summed E-state index contributed by atoms with van der Waals surface area (Å²) in [6.45, 7) is 7.05. The first-order valence-electron chi connectivity index (χ1n) is 5.10. The molecule has 0 aliphatic rings. The molecule has 4 nitrogen and oxygen atoms in total. The van der Waals surface area contributed by atoms with Gasteiger partial charge in [-0.05, 0) is 20.3 Å². The van der Waals surface area contributed by atoms with Crippen molar-refractivity contribution in [1.29, 1.82) is 0 Å². The third kappa shape index (κ3) is 6.86. The Balaban J connectivity index is 3.55. The van der Waals surface area contributed by atoms with Crippen molar-refractivity contribution in [2.75, 3.05) is 19.8 Å². The molecule has 4 heteroatoms. The first-order chi connectivity index (χ1) is 6.52. The number of hydrogen-bond donors (Lipinski definition) is 2. The van der Waals surface area contributed by atoms with Gasteiger partial charge in [-0.2, -0.15) is 0 Å². The van der Waals surface area contributed by atoms with E-state index in [1.54, 1.807) is 0 Å². The van der Waals surface area contributed by atoms with Crippen LogP contribution in [0.15, 0.2) is 0 Å². The zero-order valence-corrected chi connectivity index (χ0v) is 9.43. The molecule has 0 spiro atoms. The number of hydrogen-bond acceptors (Lipinski definition) is 3. The molecule has 0 fully saturated rings. The van der Waals surface area contributed by atoms with Gasteiger partial charge >= 0.3 is 0 Å². The highest BCUT2D eigenvalue weighted by Gasteiger charge is 2.17. The van der Waals surface area contributed by atoms with Crippen molar-refractivity contribution in [3.8, 4) is 0 Å². The molecular weight excluding hydrogens is 180 g/mol. The third-order valence-electron chi connectivity index (χ3n) is 1.86. The molecule has 0 bridgehead atoms. The molecule has 0 aliphatic heterocycles. The van der Waals surface area contributed by atoms with Gasteiger partial charge in [0.25, 0.3) is 0 Å². The van der Waals surface area contributed by atoms with Crippen molar-refractivity contribution in [2.24, 2.45) is 5.73 Å². The zero-order chi connectivity index (χ0) is 11.0. The zero-order valence-electron chi connectivity index (χ0n) is 9.43. The van der Waals surface area contributed by atoms with E-state index in [1.807, 2.05) is 13.8 Å². The lowest BCUT2D eigenvalue weighted by molar-refractivity contribution is -0.127. The molecule has 0 saturated carbocycles. The number of rotatable bonds is 7. The van der Waals surface area contributed by atoms with Gasteiger partial charge in [-0.1, -0.05) is 13.3 Å². The van der Waals surface area contributed by atoms with Crippen LogP contribution < -0.4 is 11.1 Å². The monoisotopic (exact) mass is 202 g/mol. The number of carbonyl (C=O) groups excluding carboxylic acids is 1. The van der Waals surface area contributed by atoms with Crippen molar-refractivity contribution in [3.05, 3.63) is 0 Å². The average Bonchev–Trinajstić information content (AvgIpc) is 2.12. The third-order valence-corrected chi connectivity index (χ3v) is 1.86. The number of carbonyl (C=O) groups is 1. The topological polar surface area (TPSA) is 64.3 Å². The fraction of sp³-hybridized carbons (Fsp3) is 0.900. The van der Waals surface area contributed by atoms with E-state index in [4.69, 9.17) is 10.5 Å². The van der Waals surface area contributed by atoms with Gasteiger partial charge in [0.15, 0.2) is 0 Å². The molecular formula is C10H22N2O2. The average molecular weight is 202 g/mol. The van der Waals surface area contributed by atoms with E-state index in [9.17, 15) is 4.79 Å². The van der Waals surface area contributed by atoms with Crippen LogP contribution in [0.2, 0.25) is 0 Å². The molecule has 84 valence electrons. The van der Waals surface area contributed by atoms with Crippen molar-refractivity contribution < 1.29 is 9.53 Å². The second-order valence-corrected chi connectivity index (χ2v) is 4.04. The lowest BCUT2D eigenvalue weighted by atomic mass is 10.1. The highest BCUT2D eigenvalue weighted by atomic mass is 16.5. The molecule has 0 heterocycles. The maximum atomic E-state index is 11.3. The Bertz CT molecular complexity index is 170. The summed E-state index contributed by atoms with van der Waals surface area (Å²) in [5, 5.41) is 2.79. The predicted octanol–water partition coefficient (Wildman–Crippen LogP) is 0.657. The van der Waals surface area contributed by atoms with Crippen LogP contribution >= 0.6 is 0 Å². The molecule has 3 N–H and O–H groups in total. The first kappa shape index (κ1) is 13.4. The molecule has 0 rings (SSSR count). The van der Waals surface area contributed by atoms with E-state index in [0.29, 0.717) is 13.2 Å². The summed E-state index contributed by atoms with van der Waals surface area (Å²) in [5.41, 5.74) is 5.13. The number of unbranched alkanes of at least 4 members (excludes halogenated alkanes) is 1. The Morgan fingerprint density at radius 3 is 2.64 bits per heavy atom. The Kier molecular flexibility index (Phi) is 6.49. The molecule has 0 unspecified atom stereocenters. The fourth-order valence-corrected chi connectivity index (χ4v) is 0.876. The number of amides is 1. The number of nitrogens with two attached hydrogens (primary N) is 1. The van der Waals surface area contributed by atoms with Crippen LogP contribution in [0.5, 0.6) is 0 Å². The van der Waals surface area contributed by atoms with Crippen molar-refractivity contribution in [2.45, 2.75) is 39.2 Å². The van der Waals surface area contributed by atoms with Gasteiger partial charge in [-0.15, -0.1) is 0 Å². The fourth-order valence-electron chi connectivity index (χ4n) is 0.876. The van der Waals surface area contributed by atoms with Gasteiger partial charge in [0, 0.05) is 18.7 Å². The van der Waals surface area contributed by atoms with Gasteiger partial charge in [0.2, 0.25) is 5.91 Å². The maximum absolute atomic E-state index is 11.3. The lowest BCUT2D eigenvalue weighted by Gasteiger charge is -2.24. The molecule has 1 amide bonds. The second-order valence-electron chi connectivity index (χ2n) is 4.04. The smallest absolute Gasteiger partial charge is 0.246 e. The number of nitrogens with one attached hydrogen (secondary N) is 1. The van der Waals surface area contributed by atoms with Crippen LogP contribution in [0, 0.1) is 0 Å². The molecule has 0 saturated heterocycles. The van der Waals surface area contributed by atoms with Gasteiger partial charge in [0.1, 0.15) is 6.61 Å². The molecule has 0 radical (unpaired) electrons. The summed E-state index contributed by atoms with van der Waals surface area (Å²) in [6, 6.07) is 0. The normalized spacial score (nSPS) is 11.4. The van der Waals surface area contributed by atoms with Gasteiger partial charge in [-0.25, -0.2) is 0 Å². The SMILES string of the molecule is CCCCOCC(=O)NC(C)(C)CN. The summed E-state index contributed by atoms with van der Waals surface area (Å²) in [7, 11) is 0. The molecule has 0 aromatic carbocycles. The molecule has 0 aromatic heterocycles.